The quantitative estimate of drug-likeness (QED) is 0.881. The van der Waals surface area contributed by atoms with Gasteiger partial charge in [0.25, 0.3) is 0 Å². The molecule has 2 N–H and O–H groups in total. The second-order valence-corrected chi connectivity index (χ2v) is 4.90. The SMILES string of the molecule is CNc1cc(NCc2ccc(Cl)s2)ncn1. The van der Waals surface area contributed by atoms with E-state index in [1.807, 2.05) is 25.2 Å². The smallest absolute Gasteiger partial charge is 0.131 e. The van der Waals surface area contributed by atoms with Crippen molar-refractivity contribution < 1.29 is 0 Å². The minimum Gasteiger partial charge on any atom is -0.373 e. The summed E-state index contributed by atoms with van der Waals surface area (Å²) in [5.41, 5.74) is 0. The number of anilines is 2. The Balaban J connectivity index is 1.99. The van der Waals surface area contributed by atoms with E-state index in [-0.39, 0.29) is 0 Å². The summed E-state index contributed by atoms with van der Waals surface area (Å²) < 4.78 is 0.801. The standard InChI is InChI=1S/C10H11ClN4S/c1-12-9-4-10(15-6-14-9)13-5-7-2-3-8(11)16-7/h2-4,6H,5H2,1H3,(H2,12,13,14,15). The van der Waals surface area contributed by atoms with E-state index in [4.69, 9.17) is 11.6 Å². The molecule has 0 saturated carbocycles. The number of nitrogens with one attached hydrogen (secondary N) is 2. The Morgan fingerprint density at radius 3 is 2.81 bits per heavy atom. The van der Waals surface area contributed by atoms with Crippen molar-refractivity contribution in [2.45, 2.75) is 6.54 Å². The summed E-state index contributed by atoms with van der Waals surface area (Å²) in [6, 6.07) is 5.75. The van der Waals surface area contributed by atoms with Gasteiger partial charge in [-0.25, -0.2) is 9.97 Å². The fourth-order valence-corrected chi connectivity index (χ4v) is 2.24. The molecule has 84 valence electrons. The van der Waals surface area contributed by atoms with Crippen molar-refractivity contribution in [2.75, 3.05) is 17.7 Å². The fraction of sp³-hybridized carbons (Fsp3) is 0.200. The van der Waals surface area contributed by atoms with Crippen LogP contribution >= 0.6 is 22.9 Å². The first-order chi connectivity index (χ1) is 7.78. The van der Waals surface area contributed by atoms with E-state index in [2.05, 4.69) is 20.6 Å². The molecule has 0 fully saturated rings. The number of halogens is 1. The third-order valence-corrected chi connectivity index (χ3v) is 3.23. The average molecular weight is 255 g/mol. The minimum absolute atomic E-state index is 0.720. The molecule has 0 aliphatic rings. The molecule has 0 aliphatic heterocycles. The number of nitrogens with zero attached hydrogens (tertiary/aromatic N) is 2. The maximum Gasteiger partial charge on any atom is 0.131 e. The van der Waals surface area contributed by atoms with Crippen molar-refractivity contribution in [3.05, 3.63) is 33.7 Å². The lowest BCUT2D eigenvalue weighted by molar-refractivity contribution is 1.10. The van der Waals surface area contributed by atoms with Crippen LogP contribution in [0.1, 0.15) is 4.88 Å². The molecule has 0 atom stereocenters. The van der Waals surface area contributed by atoms with Crippen LogP contribution in [0, 0.1) is 0 Å². The van der Waals surface area contributed by atoms with Gasteiger partial charge in [0.05, 0.1) is 10.9 Å². The van der Waals surface area contributed by atoms with E-state index in [9.17, 15) is 0 Å². The van der Waals surface area contributed by atoms with E-state index in [0.29, 0.717) is 0 Å². The van der Waals surface area contributed by atoms with Gasteiger partial charge >= 0.3 is 0 Å². The Kier molecular flexibility index (Phi) is 3.58. The molecule has 0 aromatic carbocycles. The highest BCUT2D eigenvalue weighted by molar-refractivity contribution is 7.16. The highest BCUT2D eigenvalue weighted by atomic mass is 35.5. The van der Waals surface area contributed by atoms with Crippen molar-refractivity contribution in [3.8, 4) is 0 Å². The van der Waals surface area contributed by atoms with Crippen LogP contribution in [0.3, 0.4) is 0 Å². The highest BCUT2D eigenvalue weighted by Crippen LogP contribution is 2.22. The molecule has 2 rings (SSSR count). The Labute approximate surface area is 103 Å². The Hall–Kier alpha value is -1.33. The summed E-state index contributed by atoms with van der Waals surface area (Å²) in [5.74, 6) is 1.59. The molecular weight excluding hydrogens is 244 g/mol. The van der Waals surface area contributed by atoms with Gasteiger partial charge in [-0.05, 0) is 12.1 Å². The van der Waals surface area contributed by atoms with Crippen LogP contribution in [-0.2, 0) is 6.54 Å². The third kappa shape index (κ3) is 2.84. The van der Waals surface area contributed by atoms with Crippen LogP contribution in [-0.4, -0.2) is 17.0 Å². The van der Waals surface area contributed by atoms with Gasteiger partial charge in [-0.1, -0.05) is 11.6 Å². The van der Waals surface area contributed by atoms with Gasteiger partial charge in [-0.15, -0.1) is 11.3 Å². The zero-order chi connectivity index (χ0) is 11.4. The number of hydrogen-bond acceptors (Lipinski definition) is 5. The molecule has 0 saturated heterocycles. The zero-order valence-electron chi connectivity index (χ0n) is 8.70. The van der Waals surface area contributed by atoms with Gasteiger partial charge in [0.2, 0.25) is 0 Å². The molecule has 0 amide bonds. The van der Waals surface area contributed by atoms with Crippen molar-refractivity contribution in [1.82, 2.24) is 9.97 Å². The highest BCUT2D eigenvalue weighted by Gasteiger charge is 1.99. The summed E-state index contributed by atoms with van der Waals surface area (Å²) in [4.78, 5) is 9.33. The zero-order valence-corrected chi connectivity index (χ0v) is 10.3. The summed E-state index contributed by atoms with van der Waals surface area (Å²) in [7, 11) is 1.82. The van der Waals surface area contributed by atoms with Crippen molar-refractivity contribution in [2.24, 2.45) is 0 Å². The summed E-state index contributed by atoms with van der Waals surface area (Å²) in [6.07, 6.45) is 1.52. The number of thiophene rings is 1. The van der Waals surface area contributed by atoms with Gasteiger partial charge in [-0.3, -0.25) is 0 Å². The molecule has 0 spiro atoms. The molecule has 0 radical (unpaired) electrons. The van der Waals surface area contributed by atoms with E-state index < -0.39 is 0 Å². The molecule has 2 heterocycles. The maximum absolute atomic E-state index is 5.84. The third-order valence-electron chi connectivity index (χ3n) is 2.00. The van der Waals surface area contributed by atoms with Crippen LogP contribution in [0.15, 0.2) is 24.5 Å². The van der Waals surface area contributed by atoms with Crippen molar-refractivity contribution >= 4 is 34.6 Å². The van der Waals surface area contributed by atoms with Crippen LogP contribution in [0.5, 0.6) is 0 Å². The summed E-state index contributed by atoms with van der Waals surface area (Å²) in [6.45, 7) is 0.720. The van der Waals surface area contributed by atoms with E-state index in [1.165, 1.54) is 11.2 Å². The first-order valence-corrected chi connectivity index (χ1v) is 5.95. The van der Waals surface area contributed by atoms with Crippen molar-refractivity contribution in [3.63, 3.8) is 0 Å². The molecule has 16 heavy (non-hydrogen) atoms. The summed E-state index contributed by atoms with van der Waals surface area (Å²) >= 11 is 7.41. The van der Waals surface area contributed by atoms with Gasteiger partial charge < -0.3 is 10.6 Å². The monoisotopic (exact) mass is 254 g/mol. The number of rotatable bonds is 4. The molecule has 2 aromatic heterocycles. The first-order valence-electron chi connectivity index (χ1n) is 4.76. The average Bonchev–Trinajstić information content (AvgIpc) is 2.73. The lowest BCUT2D eigenvalue weighted by Crippen LogP contribution is -2.01. The normalized spacial score (nSPS) is 10.1. The molecule has 2 aromatic rings. The van der Waals surface area contributed by atoms with E-state index in [0.717, 1.165) is 22.5 Å². The van der Waals surface area contributed by atoms with Gasteiger partial charge in [0, 0.05) is 18.0 Å². The molecule has 0 unspecified atom stereocenters. The molecule has 0 aliphatic carbocycles. The van der Waals surface area contributed by atoms with E-state index in [1.54, 1.807) is 11.3 Å². The van der Waals surface area contributed by atoms with Crippen LogP contribution < -0.4 is 10.6 Å². The second kappa shape index (κ2) is 5.14. The minimum atomic E-state index is 0.720. The largest absolute Gasteiger partial charge is 0.373 e. The lowest BCUT2D eigenvalue weighted by Gasteiger charge is -2.04. The van der Waals surface area contributed by atoms with Crippen LogP contribution in [0.4, 0.5) is 11.6 Å². The predicted molar refractivity (Wildman–Crippen MR) is 68.2 cm³/mol. The Morgan fingerprint density at radius 1 is 1.31 bits per heavy atom. The lowest BCUT2D eigenvalue weighted by atomic mass is 10.4. The van der Waals surface area contributed by atoms with Gasteiger partial charge in [0.15, 0.2) is 0 Å². The Bertz CT molecular complexity index is 471. The van der Waals surface area contributed by atoms with E-state index >= 15 is 0 Å². The maximum atomic E-state index is 5.84. The van der Waals surface area contributed by atoms with Gasteiger partial charge in [-0.2, -0.15) is 0 Å². The van der Waals surface area contributed by atoms with Crippen LogP contribution in [0.25, 0.3) is 0 Å². The summed E-state index contributed by atoms with van der Waals surface area (Å²) in [5, 5.41) is 6.17. The molecule has 4 nitrogen and oxygen atoms in total. The number of aromatic nitrogens is 2. The molecular formula is C10H11ClN4S. The first kappa shape index (κ1) is 11.2. The molecule has 0 bridgehead atoms. The number of hydrogen-bond donors (Lipinski definition) is 2. The second-order valence-electron chi connectivity index (χ2n) is 3.10. The van der Waals surface area contributed by atoms with Crippen molar-refractivity contribution in [1.29, 1.82) is 0 Å². The van der Waals surface area contributed by atoms with Crippen LogP contribution in [0.2, 0.25) is 4.34 Å². The van der Waals surface area contributed by atoms with Gasteiger partial charge in [0.1, 0.15) is 18.0 Å². The Morgan fingerprint density at radius 2 is 2.12 bits per heavy atom. The molecule has 6 heteroatoms. The fourth-order valence-electron chi connectivity index (χ4n) is 1.22. The topological polar surface area (TPSA) is 49.8 Å². The predicted octanol–water partition coefficient (Wildman–Crippen LogP) is 2.85.